The molecule has 0 N–H and O–H groups in total. The van der Waals surface area contributed by atoms with E-state index in [0.717, 1.165) is 0 Å². The van der Waals surface area contributed by atoms with Gasteiger partial charge in [-0.05, 0) is 31.9 Å². The fraction of sp³-hybridized carbons (Fsp3) is 0.733. The maximum Gasteiger partial charge on any atom is 0.00480 e. The molecule has 0 amide bonds. The van der Waals surface area contributed by atoms with E-state index >= 15 is 0 Å². The van der Waals surface area contributed by atoms with Crippen molar-refractivity contribution in [1.82, 2.24) is 0 Å². The first kappa shape index (κ1) is 13.8. The highest BCUT2D eigenvalue weighted by Gasteiger charge is 1.96. The number of rotatable bonds is 9. The second kappa shape index (κ2) is 8.81. The molecule has 0 aliphatic rings. The predicted octanol–water partition coefficient (Wildman–Crippen LogP) is 5.74. The van der Waals surface area contributed by atoms with Gasteiger partial charge >= 0.3 is 0 Å². The Morgan fingerprint density at radius 2 is 1.50 bits per heavy atom. The van der Waals surface area contributed by atoms with Crippen molar-refractivity contribution in [2.75, 3.05) is 0 Å². The zero-order chi connectivity index (χ0) is 11.6. The van der Waals surface area contributed by atoms with Gasteiger partial charge in [-0.1, -0.05) is 51.9 Å². The summed E-state index contributed by atoms with van der Waals surface area (Å²) < 4.78 is 0. The highest BCUT2D eigenvalue weighted by atomic mass is 32.1. The molecule has 0 fully saturated rings. The fourth-order valence-corrected chi connectivity index (χ4v) is 2.98. The van der Waals surface area contributed by atoms with Crippen LogP contribution in [0.15, 0.2) is 12.1 Å². The van der Waals surface area contributed by atoms with Crippen molar-refractivity contribution in [3.05, 3.63) is 21.9 Å². The molecule has 0 radical (unpaired) electrons. The quantitative estimate of drug-likeness (QED) is 0.481. The molecule has 1 aromatic heterocycles. The van der Waals surface area contributed by atoms with E-state index in [4.69, 9.17) is 0 Å². The normalized spacial score (nSPS) is 10.9. The largest absolute Gasteiger partial charge is 0.146 e. The molecule has 0 aliphatic heterocycles. The van der Waals surface area contributed by atoms with Crippen LogP contribution in [0.5, 0.6) is 0 Å². The minimum absolute atomic E-state index is 1.30. The molecule has 0 saturated carbocycles. The lowest BCUT2D eigenvalue weighted by molar-refractivity contribution is 0.576. The first-order valence-electron chi connectivity index (χ1n) is 6.88. The molecule has 0 nitrogen and oxygen atoms in total. The third-order valence-electron chi connectivity index (χ3n) is 3.07. The van der Waals surface area contributed by atoms with Crippen LogP contribution in [0.1, 0.15) is 68.0 Å². The maximum atomic E-state index is 2.29. The number of aryl methyl sites for hydroxylation is 2. The molecule has 16 heavy (non-hydrogen) atoms. The van der Waals surface area contributed by atoms with Crippen LogP contribution < -0.4 is 0 Å². The predicted molar refractivity (Wildman–Crippen MR) is 75.4 cm³/mol. The van der Waals surface area contributed by atoms with Gasteiger partial charge in [0, 0.05) is 9.75 Å². The summed E-state index contributed by atoms with van der Waals surface area (Å²) in [4.78, 5) is 3.03. The number of hydrogen-bond donors (Lipinski definition) is 0. The van der Waals surface area contributed by atoms with Crippen molar-refractivity contribution < 1.29 is 0 Å². The molecular formula is C15H26S. The lowest BCUT2D eigenvalue weighted by Gasteiger charge is -2.00. The van der Waals surface area contributed by atoms with Crippen LogP contribution in [-0.4, -0.2) is 0 Å². The Labute approximate surface area is 105 Å². The molecule has 0 unspecified atom stereocenters. The van der Waals surface area contributed by atoms with E-state index in [2.05, 4.69) is 26.0 Å². The number of hydrogen-bond acceptors (Lipinski definition) is 1. The van der Waals surface area contributed by atoms with E-state index < -0.39 is 0 Å². The van der Waals surface area contributed by atoms with Gasteiger partial charge in [-0.25, -0.2) is 0 Å². The smallest absolute Gasteiger partial charge is 0.00480 e. The van der Waals surface area contributed by atoms with E-state index in [9.17, 15) is 0 Å². The van der Waals surface area contributed by atoms with Crippen molar-refractivity contribution in [2.45, 2.75) is 71.6 Å². The Morgan fingerprint density at radius 3 is 2.06 bits per heavy atom. The van der Waals surface area contributed by atoms with Gasteiger partial charge in [0.2, 0.25) is 0 Å². The van der Waals surface area contributed by atoms with Gasteiger partial charge in [0.25, 0.3) is 0 Å². The molecule has 0 saturated heterocycles. The van der Waals surface area contributed by atoms with Crippen molar-refractivity contribution in [1.29, 1.82) is 0 Å². The van der Waals surface area contributed by atoms with Crippen LogP contribution in [0.25, 0.3) is 0 Å². The van der Waals surface area contributed by atoms with Gasteiger partial charge in [-0.3, -0.25) is 0 Å². The van der Waals surface area contributed by atoms with Crippen molar-refractivity contribution in [3.63, 3.8) is 0 Å². The van der Waals surface area contributed by atoms with E-state index in [1.807, 2.05) is 11.3 Å². The average Bonchev–Trinajstić information content (AvgIpc) is 2.68. The standard InChI is InChI=1S/C15H26S/c1-3-4-5-6-7-8-9-10-11-15-13-12-14(2)16-15/h12-13H,3-11H2,1-2H3. The first-order valence-corrected chi connectivity index (χ1v) is 7.70. The van der Waals surface area contributed by atoms with Gasteiger partial charge in [0.1, 0.15) is 0 Å². The summed E-state index contributed by atoms with van der Waals surface area (Å²) in [6, 6.07) is 4.53. The van der Waals surface area contributed by atoms with Crippen LogP contribution in [-0.2, 0) is 6.42 Å². The molecule has 0 aromatic carbocycles. The molecule has 0 bridgehead atoms. The summed E-state index contributed by atoms with van der Waals surface area (Å²) in [6.07, 6.45) is 12.7. The summed E-state index contributed by atoms with van der Waals surface area (Å²) in [6.45, 7) is 4.48. The average molecular weight is 238 g/mol. The highest BCUT2D eigenvalue weighted by molar-refractivity contribution is 7.11. The molecule has 92 valence electrons. The first-order chi connectivity index (χ1) is 7.83. The summed E-state index contributed by atoms with van der Waals surface area (Å²) in [5, 5.41) is 0. The lowest BCUT2D eigenvalue weighted by atomic mass is 10.1. The summed E-state index contributed by atoms with van der Waals surface area (Å²) in [7, 11) is 0. The van der Waals surface area contributed by atoms with Gasteiger partial charge in [-0.15, -0.1) is 11.3 Å². The maximum absolute atomic E-state index is 2.29. The molecule has 0 spiro atoms. The lowest BCUT2D eigenvalue weighted by Crippen LogP contribution is -1.83. The van der Waals surface area contributed by atoms with Crippen LogP contribution in [0.3, 0.4) is 0 Å². The summed E-state index contributed by atoms with van der Waals surface area (Å²) >= 11 is 1.96. The van der Waals surface area contributed by atoms with Gasteiger partial charge in [0.05, 0.1) is 0 Å². The molecule has 1 rings (SSSR count). The van der Waals surface area contributed by atoms with Crippen LogP contribution in [0.4, 0.5) is 0 Å². The monoisotopic (exact) mass is 238 g/mol. The second-order valence-electron chi connectivity index (χ2n) is 4.74. The third kappa shape index (κ3) is 6.32. The van der Waals surface area contributed by atoms with Crippen molar-refractivity contribution >= 4 is 11.3 Å². The van der Waals surface area contributed by atoms with E-state index in [0.29, 0.717) is 0 Å². The Balaban J connectivity index is 1.88. The zero-order valence-electron chi connectivity index (χ0n) is 10.9. The fourth-order valence-electron chi connectivity index (χ4n) is 2.05. The van der Waals surface area contributed by atoms with E-state index in [1.54, 1.807) is 4.88 Å². The number of thiophene rings is 1. The minimum Gasteiger partial charge on any atom is -0.146 e. The number of unbranched alkanes of at least 4 members (excludes halogenated alkanes) is 7. The van der Waals surface area contributed by atoms with Gasteiger partial charge in [0.15, 0.2) is 0 Å². The Morgan fingerprint density at radius 1 is 0.875 bits per heavy atom. The summed E-state index contributed by atoms with van der Waals surface area (Å²) in [5.74, 6) is 0. The molecular weight excluding hydrogens is 212 g/mol. The van der Waals surface area contributed by atoms with Gasteiger partial charge < -0.3 is 0 Å². The SMILES string of the molecule is CCCCCCCCCCc1ccc(C)s1. The highest BCUT2D eigenvalue weighted by Crippen LogP contribution is 2.18. The van der Waals surface area contributed by atoms with Crippen LogP contribution in [0.2, 0.25) is 0 Å². The molecule has 1 heteroatoms. The molecule has 1 heterocycles. The zero-order valence-corrected chi connectivity index (χ0v) is 11.7. The Hall–Kier alpha value is -0.300. The minimum atomic E-state index is 1.30. The molecule has 1 aromatic rings. The van der Waals surface area contributed by atoms with E-state index in [-0.39, 0.29) is 0 Å². The summed E-state index contributed by atoms with van der Waals surface area (Å²) in [5.41, 5.74) is 0. The second-order valence-corrected chi connectivity index (χ2v) is 6.11. The van der Waals surface area contributed by atoms with E-state index in [1.165, 1.54) is 62.7 Å². The topological polar surface area (TPSA) is 0 Å². The molecule has 0 atom stereocenters. The van der Waals surface area contributed by atoms with Crippen molar-refractivity contribution in [3.8, 4) is 0 Å². The van der Waals surface area contributed by atoms with Crippen LogP contribution in [0, 0.1) is 6.92 Å². The van der Waals surface area contributed by atoms with Gasteiger partial charge in [-0.2, -0.15) is 0 Å². The third-order valence-corrected chi connectivity index (χ3v) is 4.13. The Kier molecular flexibility index (Phi) is 7.58. The Bertz CT molecular complexity index is 262. The van der Waals surface area contributed by atoms with Crippen molar-refractivity contribution in [2.24, 2.45) is 0 Å². The van der Waals surface area contributed by atoms with Crippen LogP contribution >= 0.6 is 11.3 Å². The molecule has 0 aliphatic carbocycles.